The normalized spacial score (nSPS) is 10.5. The van der Waals surface area contributed by atoms with Crippen LogP contribution in [-0.4, -0.2) is 23.9 Å². The summed E-state index contributed by atoms with van der Waals surface area (Å²) in [6.07, 6.45) is 2.63. The molecule has 0 aliphatic heterocycles. The van der Waals surface area contributed by atoms with Crippen molar-refractivity contribution in [1.29, 1.82) is 0 Å². The third kappa shape index (κ3) is 25.3. The van der Waals surface area contributed by atoms with Gasteiger partial charge in [0, 0.05) is 5.75 Å². The fraction of sp³-hybridized carbons (Fsp3) is 1.00. The second kappa shape index (κ2) is 23.6. The Morgan fingerprint density at radius 2 is 1.60 bits per heavy atom. The van der Waals surface area contributed by atoms with Crippen molar-refractivity contribution in [3.05, 3.63) is 0 Å². The first-order valence-electron chi connectivity index (χ1n) is 5.74. The summed E-state index contributed by atoms with van der Waals surface area (Å²) >= 11 is 4.00. The molecule has 5 nitrogen and oxygen atoms in total. The first kappa shape index (κ1) is 24.6. The van der Waals surface area contributed by atoms with Crippen LogP contribution in [-0.2, 0) is 19.1 Å². The van der Waals surface area contributed by atoms with Crippen LogP contribution in [0.1, 0.15) is 33.6 Å². The summed E-state index contributed by atoms with van der Waals surface area (Å²) < 4.78 is 8.53. The number of rotatable bonds is 13. The van der Waals surface area contributed by atoms with Crippen LogP contribution in [0.15, 0.2) is 0 Å². The molecule has 0 atom stereocenters. The minimum atomic E-state index is -2.04. The van der Waals surface area contributed by atoms with Crippen molar-refractivity contribution in [2.75, 3.05) is 19.0 Å². The van der Waals surface area contributed by atoms with E-state index in [9.17, 15) is 0 Å². The zero-order valence-electron chi connectivity index (χ0n) is 11.6. The molecule has 0 unspecified atom stereocenters. The molecule has 0 saturated heterocycles. The van der Waals surface area contributed by atoms with Crippen LogP contribution < -0.4 is 0 Å². The Morgan fingerprint density at radius 1 is 1.00 bits per heavy atom. The molecule has 124 valence electrons. The van der Waals surface area contributed by atoms with Crippen molar-refractivity contribution in [2.24, 2.45) is 0 Å². The minimum Gasteiger partial charge on any atom is -0.325 e. The largest absolute Gasteiger partial charge is 0.389 e. The van der Waals surface area contributed by atoms with Crippen LogP contribution >= 0.6 is 70.4 Å². The lowest BCUT2D eigenvalue weighted by atomic mass is 10.4. The van der Waals surface area contributed by atoms with Crippen molar-refractivity contribution >= 4 is 70.4 Å². The lowest BCUT2D eigenvalue weighted by molar-refractivity contribution is -0.263. The van der Waals surface area contributed by atoms with Crippen molar-refractivity contribution in [1.82, 2.24) is 0 Å². The number of hydrogen-bond acceptors (Lipinski definition) is 11. The molecule has 0 bridgehead atoms. The van der Waals surface area contributed by atoms with Crippen LogP contribution in [0.5, 0.6) is 0 Å². The monoisotopic (exact) mass is 420 g/mol. The van der Waals surface area contributed by atoms with E-state index < -0.39 is 8.60 Å². The first-order valence-corrected chi connectivity index (χ1v) is 14.2. The Bertz CT molecular complexity index is 158. The summed E-state index contributed by atoms with van der Waals surface area (Å²) in [6.45, 7) is 6.38. The minimum absolute atomic E-state index is 0.356. The molecule has 0 aliphatic rings. The quantitative estimate of drug-likeness (QED) is 0.0912. The third-order valence-corrected chi connectivity index (χ3v) is 10.7. The summed E-state index contributed by atoms with van der Waals surface area (Å²) in [6, 6.07) is 0. The molecule has 0 aliphatic carbocycles. The fourth-order valence-electron chi connectivity index (χ4n) is 0.489. The van der Waals surface area contributed by atoms with Gasteiger partial charge in [-0.1, -0.05) is 35.8 Å². The summed E-state index contributed by atoms with van der Waals surface area (Å²) in [7, 11) is 6.73. The van der Waals surface area contributed by atoms with Crippen molar-refractivity contribution in [3.8, 4) is 0 Å². The molecule has 12 heteroatoms. The van der Waals surface area contributed by atoms with Crippen LogP contribution in [0.3, 0.4) is 0 Å². The molecule has 0 fully saturated rings. The molecule has 0 aromatic rings. The van der Waals surface area contributed by atoms with Gasteiger partial charge in [0.2, 0.25) is 0 Å². The fourth-order valence-corrected chi connectivity index (χ4v) is 9.87. The summed E-state index contributed by atoms with van der Waals surface area (Å²) in [4.78, 5) is 17.4. The molecular weight excluding hydrogens is 399 g/mol. The number of thiol groups is 1. The average molecular weight is 421 g/mol. The Kier molecular flexibility index (Phi) is 29.0. The van der Waals surface area contributed by atoms with E-state index in [4.69, 9.17) is 4.89 Å². The molecule has 0 heterocycles. The SMILES string of the molecule is CCCCSSSSSS.CCOOP(O)OOCC. The average Bonchev–Trinajstić information content (AvgIpc) is 2.47. The van der Waals surface area contributed by atoms with Crippen LogP contribution in [0.25, 0.3) is 0 Å². The highest BCUT2D eigenvalue weighted by Crippen LogP contribution is 2.49. The van der Waals surface area contributed by atoms with Gasteiger partial charge in [-0.05, 0) is 59.6 Å². The van der Waals surface area contributed by atoms with Gasteiger partial charge in [0.15, 0.2) is 0 Å². The summed E-state index contributed by atoms with van der Waals surface area (Å²) in [5.74, 6) is 1.27. The van der Waals surface area contributed by atoms with E-state index in [1.54, 1.807) is 33.5 Å². The number of hydrogen-bond donors (Lipinski definition) is 2. The van der Waals surface area contributed by atoms with Crippen LogP contribution in [0.4, 0.5) is 0 Å². The Balaban J connectivity index is 0. The molecule has 0 radical (unpaired) electrons. The van der Waals surface area contributed by atoms with E-state index in [1.165, 1.54) is 28.4 Å². The van der Waals surface area contributed by atoms with Crippen molar-refractivity contribution in [3.63, 3.8) is 0 Å². The van der Waals surface area contributed by atoms with Crippen molar-refractivity contribution in [2.45, 2.75) is 33.6 Å². The van der Waals surface area contributed by atoms with Crippen LogP contribution in [0.2, 0.25) is 0 Å². The molecule has 20 heavy (non-hydrogen) atoms. The highest BCUT2D eigenvalue weighted by molar-refractivity contribution is 9.41. The maximum absolute atomic E-state index is 8.68. The molecular formula is C8H21O5PS6. The molecule has 0 spiro atoms. The third-order valence-electron chi connectivity index (χ3n) is 1.18. The summed E-state index contributed by atoms with van der Waals surface area (Å²) in [5.41, 5.74) is 0. The maximum atomic E-state index is 8.68. The molecule has 1 N–H and O–H groups in total. The smallest absolute Gasteiger partial charge is 0.325 e. The first-order chi connectivity index (χ1) is 9.72. The second-order valence-corrected chi connectivity index (χ2v) is 12.0. The van der Waals surface area contributed by atoms with E-state index in [0.29, 0.717) is 13.2 Å². The van der Waals surface area contributed by atoms with E-state index in [-0.39, 0.29) is 0 Å². The van der Waals surface area contributed by atoms with Gasteiger partial charge in [0.1, 0.15) is 0 Å². The van der Waals surface area contributed by atoms with E-state index in [1.807, 2.05) is 20.6 Å². The molecule has 0 saturated carbocycles. The summed E-state index contributed by atoms with van der Waals surface area (Å²) in [5, 5.41) is 0. The lowest BCUT2D eigenvalue weighted by Gasteiger charge is -2.05. The van der Waals surface area contributed by atoms with Gasteiger partial charge in [-0.2, -0.15) is 9.35 Å². The highest BCUT2D eigenvalue weighted by Gasteiger charge is 2.07. The van der Waals surface area contributed by atoms with E-state index in [0.717, 1.165) is 0 Å². The van der Waals surface area contributed by atoms with E-state index >= 15 is 0 Å². The van der Waals surface area contributed by atoms with Gasteiger partial charge < -0.3 is 4.89 Å². The van der Waals surface area contributed by atoms with E-state index in [2.05, 4.69) is 37.7 Å². The van der Waals surface area contributed by atoms with Crippen molar-refractivity contribution < 1.29 is 24.0 Å². The molecule has 0 amide bonds. The van der Waals surface area contributed by atoms with Gasteiger partial charge in [-0.25, -0.2) is 9.78 Å². The predicted molar refractivity (Wildman–Crippen MR) is 101 cm³/mol. The Hall–Kier alpha value is 2.33. The Morgan fingerprint density at radius 3 is 2.05 bits per heavy atom. The van der Waals surface area contributed by atoms with Gasteiger partial charge in [0.05, 0.1) is 13.2 Å². The molecule has 0 rings (SSSR count). The molecule has 0 aromatic carbocycles. The maximum Gasteiger partial charge on any atom is 0.389 e. The van der Waals surface area contributed by atoms with Gasteiger partial charge in [-0.3, -0.25) is 0 Å². The van der Waals surface area contributed by atoms with Gasteiger partial charge >= 0.3 is 8.60 Å². The topological polar surface area (TPSA) is 57.2 Å². The Labute approximate surface area is 146 Å². The zero-order valence-corrected chi connectivity index (χ0v) is 17.4. The van der Waals surface area contributed by atoms with Gasteiger partial charge in [-0.15, -0.1) is 0 Å². The van der Waals surface area contributed by atoms with Gasteiger partial charge in [0.25, 0.3) is 0 Å². The zero-order chi connectivity index (χ0) is 15.5. The molecule has 0 aromatic heterocycles. The van der Waals surface area contributed by atoms with Crippen LogP contribution in [0, 0.1) is 0 Å². The number of unbranched alkanes of at least 4 members (excludes halogenated alkanes) is 1. The lowest BCUT2D eigenvalue weighted by Crippen LogP contribution is -1.93. The predicted octanol–water partition coefficient (Wildman–Crippen LogP) is 6.10. The highest BCUT2D eigenvalue weighted by atomic mass is 33.9. The standard InChI is InChI=1S/C4H11O5P.C4H10S6/c1-3-6-8-10(5)9-7-4-2;1-2-3-4-6-8-10-9-7-5/h5H,3-4H2,1-2H3;5H,2-4H2,1H3. The second-order valence-electron chi connectivity index (χ2n) is 2.65.